The van der Waals surface area contributed by atoms with Gasteiger partial charge in [0.25, 0.3) is 0 Å². The lowest BCUT2D eigenvalue weighted by Gasteiger charge is -2.26. The third kappa shape index (κ3) is 4.92. The van der Waals surface area contributed by atoms with Gasteiger partial charge in [0.15, 0.2) is 5.82 Å². The molecule has 0 spiro atoms. The van der Waals surface area contributed by atoms with Crippen molar-refractivity contribution in [1.29, 1.82) is 0 Å². The maximum Gasteiger partial charge on any atom is 0.220 e. The van der Waals surface area contributed by atoms with E-state index in [1.54, 1.807) is 6.92 Å². The van der Waals surface area contributed by atoms with Gasteiger partial charge in [-0.05, 0) is 24.6 Å². The minimum absolute atomic E-state index is 0.0507. The molecule has 2 aromatic heterocycles. The van der Waals surface area contributed by atoms with Gasteiger partial charge in [-0.2, -0.15) is 0 Å². The van der Waals surface area contributed by atoms with Crippen molar-refractivity contribution in [3.05, 3.63) is 58.9 Å². The molecule has 0 aliphatic carbocycles. The highest BCUT2D eigenvalue weighted by Gasteiger charge is 2.27. The molecule has 0 aliphatic heterocycles. The Labute approximate surface area is 190 Å². The average molecular weight is 479 g/mol. The Balaban J connectivity index is 2.11. The van der Waals surface area contributed by atoms with Gasteiger partial charge in [0.05, 0.1) is 23.8 Å². The van der Waals surface area contributed by atoms with Crippen LogP contribution in [0.1, 0.15) is 47.4 Å². The first-order chi connectivity index (χ1) is 15.7. The van der Waals surface area contributed by atoms with Crippen LogP contribution >= 0.6 is 0 Å². The molecule has 3 rings (SSSR count). The monoisotopic (exact) mass is 479 g/mol. The predicted molar refractivity (Wildman–Crippen MR) is 116 cm³/mol. The van der Waals surface area contributed by atoms with Crippen molar-refractivity contribution < 1.29 is 31.9 Å². The van der Waals surface area contributed by atoms with Gasteiger partial charge in [-0.15, -0.1) is 0 Å². The van der Waals surface area contributed by atoms with E-state index in [0.717, 1.165) is 12.1 Å². The van der Waals surface area contributed by atoms with Crippen LogP contribution in [0.2, 0.25) is 0 Å². The molecule has 12 heteroatoms. The topological polar surface area (TPSA) is 141 Å². The maximum atomic E-state index is 15.2. The fourth-order valence-corrected chi connectivity index (χ4v) is 4.09. The number of rotatable bonds is 10. The summed E-state index contributed by atoms with van der Waals surface area (Å²) in [5.74, 6) is -4.05. The Hall–Kier alpha value is -3.22. The molecule has 2 atom stereocenters. The van der Waals surface area contributed by atoms with Crippen LogP contribution in [0.5, 0.6) is 0 Å². The van der Waals surface area contributed by atoms with E-state index in [0.29, 0.717) is 16.3 Å². The van der Waals surface area contributed by atoms with Crippen LogP contribution in [0.4, 0.5) is 14.5 Å². The number of hydrogen-bond acceptors (Lipinski definition) is 6. The van der Waals surface area contributed by atoms with Crippen molar-refractivity contribution in [3.8, 4) is 0 Å². The van der Waals surface area contributed by atoms with E-state index >= 15 is 4.39 Å². The number of benzene rings is 1. The molecule has 0 aliphatic rings. The van der Waals surface area contributed by atoms with Gasteiger partial charge in [-0.1, -0.05) is 6.92 Å². The highest BCUT2D eigenvalue weighted by atomic mass is 32.2. The summed E-state index contributed by atoms with van der Waals surface area (Å²) in [6.07, 6.45) is 2.18. The lowest BCUT2D eigenvalue weighted by atomic mass is 9.99. The normalized spacial score (nSPS) is 13.1. The van der Waals surface area contributed by atoms with E-state index in [2.05, 4.69) is 9.97 Å². The quantitative estimate of drug-likeness (QED) is 0.338. The number of ether oxygens (including phenoxy) is 1. The van der Waals surface area contributed by atoms with Gasteiger partial charge in [0, 0.05) is 53.8 Å². The molecule has 176 valence electrons. The number of pyridine rings is 1. The number of aromatic amines is 1. The number of carbonyl (C=O) groups is 2. The summed E-state index contributed by atoms with van der Waals surface area (Å²) >= 11 is -2.82. The lowest BCUT2D eigenvalue weighted by molar-refractivity contribution is -0.120. The van der Waals surface area contributed by atoms with Crippen molar-refractivity contribution in [2.24, 2.45) is 5.73 Å². The fourth-order valence-electron chi connectivity index (χ4n) is 3.46. The van der Waals surface area contributed by atoms with Gasteiger partial charge in [-0.25, -0.2) is 13.8 Å². The van der Waals surface area contributed by atoms with Crippen LogP contribution in [0, 0.1) is 11.6 Å². The third-order valence-corrected chi connectivity index (χ3v) is 5.75. The number of methoxy groups -OCH3 is 1. The van der Waals surface area contributed by atoms with Crippen molar-refractivity contribution in [3.63, 3.8) is 0 Å². The van der Waals surface area contributed by atoms with Crippen LogP contribution in [-0.2, 0) is 20.8 Å². The molecule has 9 nitrogen and oxygen atoms in total. The van der Waals surface area contributed by atoms with Crippen LogP contribution in [0.25, 0.3) is 11.0 Å². The van der Waals surface area contributed by atoms with E-state index in [1.807, 2.05) is 0 Å². The SMILES string of the molecule is CCCN(c1ccc(F)c(C(=O)c2c[nH]c3ncc(C(CC(N)=O)OC)cc23)c1F)S(=O)[O-]. The minimum Gasteiger partial charge on any atom is -0.755 e. The molecule has 33 heavy (non-hydrogen) atoms. The van der Waals surface area contributed by atoms with Crippen LogP contribution in [0.15, 0.2) is 30.6 Å². The minimum atomic E-state index is -2.82. The summed E-state index contributed by atoms with van der Waals surface area (Å²) in [6, 6.07) is 3.32. The van der Waals surface area contributed by atoms with Gasteiger partial charge in [0.1, 0.15) is 11.5 Å². The van der Waals surface area contributed by atoms with E-state index in [1.165, 1.54) is 25.6 Å². The first-order valence-corrected chi connectivity index (χ1v) is 10.9. The van der Waals surface area contributed by atoms with Crippen LogP contribution in [-0.4, -0.2) is 44.1 Å². The molecule has 2 heterocycles. The summed E-state index contributed by atoms with van der Waals surface area (Å²) in [5, 5.41) is 0.242. The number of primary amides is 1. The number of H-pyrrole nitrogens is 1. The Morgan fingerprint density at radius 1 is 1.36 bits per heavy atom. The predicted octanol–water partition coefficient (Wildman–Crippen LogP) is 2.65. The molecule has 0 fully saturated rings. The molecule has 0 saturated heterocycles. The third-order valence-electron chi connectivity index (χ3n) is 5.01. The molecule has 0 radical (unpaired) electrons. The number of aromatic nitrogens is 2. The largest absolute Gasteiger partial charge is 0.755 e. The summed E-state index contributed by atoms with van der Waals surface area (Å²) in [5.41, 5.74) is 4.51. The average Bonchev–Trinajstić information content (AvgIpc) is 3.19. The van der Waals surface area contributed by atoms with E-state index in [9.17, 15) is 22.7 Å². The second kappa shape index (κ2) is 10.1. The molecular formula is C21H21F2N4O5S-. The first-order valence-electron chi connectivity index (χ1n) is 9.87. The Bertz CT molecular complexity index is 1230. The van der Waals surface area contributed by atoms with Crippen molar-refractivity contribution in [2.75, 3.05) is 18.0 Å². The van der Waals surface area contributed by atoms with Crippen LogP contribution < -0.4 is 10.0 Å². The number of fused-ring (bicyclic) bond motifs is 1. The number of nitrogens with two attached hydrogens (primary N) is 1. The molecule has 1 amide bonds. The Morgan fingerprint density at radius 2 is 2.09 bits per heavy atom. The standard InChI is InChI=1S/C21H22F2N4O5S/c1-3-6-27(33(30)31)15-5-4-14(22)18(19(15)23)20(29)13-10-26-21-12(13)7-11(9-25-21)16(32-2)8-17(24)28/h4-5,7,9-10,16H,3,6,8H2,1-2H3,(H2,24,28)(H,25,26)(H,30,31)/p-1. The van der Waals surface area contributed by atoms with E-state index < -0.39 is 51.9 Å². The maximum absolute atomic E-state index is 15.2. The zero-order valence-corrected chi connectivity index (χ0v) is 18.6. The molecule has 3 aromatic rings. The molecule has 0 saturated carbocycles. The Kier molecular flexibility index (Phi) is 7.51. The number of anilines is 1. The second-order valence-corrected chi connectivity index (χ2v) is 8.04. The number of nitrogens with zero attached hydrogens (tertiary/aromatic N) is 2. The molecule has 3 N–H and O–H groups in total. The van der Waals surface area contributed by atoms with Crippen molar-refractivity contribution in [2.45, 2.75) is 25.9 Å². The summed E-state index contributed by atoms with van der Waals surface area (Å²) in [6.45, 7) is 1.64. The number of nitrogens with one attached hydrogen (secondary N) is 1. The second-order valence-electron chi connectivity index (χ2n) is 7.17. The highest BCUT2D eigenvalue weighted by molar-refractivity contribution is 7.80. The Morgan fingerprint density at radius 3 is 2.70 bits per heavy atom. The number of amides is 1. The highest BCUT2D eigenvalue weighted by Crippen LogP contribution is 2.31. The zero-order chi connectivity index (χ0) is 24.3. The van der Waals surface area contributed by atoms with Gasteiger partial charge in [-0.3, -0.25) is 18.1 Å². The number of hydrogen-bond donors (Lipinski definition) is 2. The molecule has 1 aromatic carbocycles. The fraction of sp³-hybridized carbons (Fsp3) is 0.286. The summed E-state index contributed by atoms with van der Waals surface area (Å²) in [4.78, 5) is 31.4. The van der Waals surface area contributed by atoms with Gasteiger partial charge < -0.3 is 20.0 Å². The number of carbonyl (C=O) groups excluding carboxylic acids is 2. The van der Waals surface area contributed by atoms with E-state index in [-0.39, 0.29) is 29.6 Å². The van der Waals surface area contributed by atoms with Crippen molar-refractivity contribution in [1.82, 2.24) is 9.97 Å². The lowest BCUT2D eigenvalue weighted by Crippen LogP contribution is -2.28. The summed E-state index contributed by atoms with van der Waals surface area (Å²) in [7, 11) is 1.37. The van der Waals surface area contributed by atoms with Gasteiger partial charge >= 0.3 is 0 Å². The molecular weight excluding hydrogens is 458 g/mol. The molecule has 0 bridgehead atoms. The smallest absolute Gasteiger partial charge is 0.220 e. The van der Waals surface area contributed by atoms with E-state index in [4.69, 9.17) is 10.5 Å². The van der Waals surface area contributed by atoms with Crippen LogP contribution in [0.3, 0.4) is 0 Å². The number of halogens is 2. The zero-order valence-electron chi connectivity index (χ0n) is 17.8. The molecule has 2 unspecified atom stereocenters. The van der Waals surface area contributed by atoms with Crippen molar-refractivity contribution >= 4 is 39.7 Å². The summed E-state index contributed by atoms with van der Waals surface area (Å²) < 4.78 is 58.9. The first kappa shape index (κ1) is 24.4. The van der Waals surface area contributed by atoms with Gasteiger partial charge in [0.2, 0.25) is 11.7 Å². The number of ketones is 1.